The van der Waals surface area contributed by atoms with Gasteiger partial charge in [0.25, 0.3) is 0 Å². The van der Waals surface area contributed by atoms with Gasteiger partial charge in [0, 0.05) is 16.5 Å². The van der Waals surface area contributed by atoms with Gasteiger partial charge in [0.05, 0.1) is 0 Å². The number of hydrogen-bond donors (Lipinski definition) is 1. The van der Waals surface area contributed by atoms with Gasteiger partial charge in [-0.15, -0.1) is 0 Å². The first-order chi connectivity index (χ1) is 8.44. The Morgan fingerprint density at radius 2 is 1.67 bits per heavy atom. The van der Waals surface area contributed by atoms with E-state index in [1.165, 1.54) is 11.1 Å². The fourth-order valence-electron chi connectivity index (χ4n) is 1.79. The van der Waals surface area contributed by atoms with Gasteiger partial charge in [-0.3, -0.25) is 0 Å². The lowest BCUT2D eigenvalue weighted by Crippen LogP contribution is -2.31. The van der Waals surface area contributed by atoms with E-state index in [9.17, 15) is 0 Å². The van der Waals surface area contributed by atoms with Crippen LogP contribution in [0.25, 0.3) is 0 Å². The van der Waals surface area contributed by atoms with Crippen LogP contribution in [0.15, 0.2) is 24.3 Å². The van der Waals surface area contributed by atoms with Crippen molar-refractivity contribution in [2.45, 2.75) is 51.3 Å². The van der Waals surface area contributed by atoms with E-state index in [-0.39, 0.29) is 0 Å². The Kier molecular flexibility index (Phi) is 6.24. The van der Waals surface area contributed by atoms with Crippen molar-refractivity contribution in [3.8, 4) is 0 Å². The summed E-state index contributed by atoms with van der Waals surface area (Å²) < 4.78 is 0.348. The summed E-state index contributed by atoms with van der Waals surface area (Å²) >= 11 is 2.03. The van der Waals surface area contributed by atoms with Gasteiger partial charge in [-0.1, -0.05) is 52.0 Å². The third-order valence-corrected chi connectivity index (χ3v) is 4.47. The average molecular weight is 265 g/mol. The van der Waals surface area contributed by atoms with Crippen LogP contribution in [0.4, 0.5) is 0 Å². The summed E-state index contributed by atoms with van der Waals surface area (Å²) in [6.07, 6.45) is 2.24. The first kappa shape index (κ1) is 15.6. The van der Waals surface area contributed by atoms with Crippen LogP contribution in [0.3, 0.4) is 0 Å². The van der Waals surface area contributed by atoms with Crippen molar-refractivity contribution >= 4 is 11.8 Å². The largest absolute Gasteiger partial charge is 0.316 e. The average Bonchev–Trinajstić information content (AvgIpc) is 2.34. The van der Waals surface area contributed by atoms with E-state index >= 15 is 0 Å². The minimum atomic E-state index is 0.348. The van der Waals surface area contributed by atoms with Gasteiger partial charge < -0.3 is 5.32 Å². The van der Waals surface area contributed by atoms with Crippen LogP contribution in [0.1, 0.15) is 38.8 Å². The first-order valence-corrected chi connectivity index (χ1v) is 7.82. The minimum Gasteiger partial charge on any atom is -0.316 e. The molecular weight excluding hydrogens is 238 g/mol. The number of aryl methyl sites for hydroxylation is 1. The second-order valence-electron chi connectivity index (χ2n) is 5.78. The fraction of sp³-hybridized carbons (Fsp3) is 0.625. The Balaban J connectivity index is 2.51. The highest BCUT2D eigenvalue weighted by molar-refractivity contribution is 8.00. The van der Waals surface area contributed by atoms with Gasteiger partial charge >= 0.3 is 0 Å². The van der Waals surface area contributed by atoms with Crippen LogP contribution in [-0.4, -0.2) is 23.6 Å². The molecule has 0 spiro atoms. The molecule has 0 bridgehead atoms. The molecule has 0 fully saturated rings. The predicted molar refractivity (Wildman–Crippen MR) is 84.6 cm³/mol. The Hall–Kier alpha value is -0.470. The van der Waals surface area contributed by atoms with E-state index in [0.29, 0.717) is 10.8 Å². The third-order valence-electron chi connectivity index (χ3n) is 3.04. The Morgan fingerprint density at radius 1 is 1.11 bits per heavy atom. The van der Waals surface area contributed by atoms with E-state index in [4.69, 9.17) is 0 Å². The highest BCUT2D eigenvalue weighted by Gasteiger charge is 2.14. The standard InChI is InChI=1S/C16H27NS/c1-6-13-7-9-14(10-8-13)11-15(17-5)12-18-16(2,3)4/h7-10,15,17H,6,11-12H2,1-5H3. The lowest BCUT2D eigenvalue weighted by Gasteiger charge is -2.22. The normalized spacial score (nSPS) is 13.6. The summed E-state index contributed by atoms with van der Waals surface area (Å²) in [5, 5.41) is 3.43. The zero-order valence-corrected chi connectivity index (χ0v) is 13.2. The van der Waals surface area contributed by atoms with Crippen molar-refractivity contribution in [3.63, 3.8) is 0 Å². The van der Waals surface area contributed by atoms with Gasteiger partial charge in [-0.2, -0.15) is 11.8 Å². The van der Waals surface area contributed by atoms with Gasteiger partial charge in [-0.25, -0.2) is 0 Å². The molecule has 0 saturated carbocycles. The monoisotopic (exact) mass is 265 g/mol. The zero-order valence-electron chi connectivity index (χ0n) is 12.4. The van der Waals surface area contributed by atoms with Crippen molar-refractivity contribution in [2.75, 3.05) is 12.8 Å². The molecule has 0 aliphatic heterocycles. The van der Waals surface area contributed by atoms with Crippen molar-refractivity contribution in [3.05, 3.63) is 35.4 Å². The van der Waals surface area contributed by atoms with Crippen molar-refractivity contribution in [1.82, 2.24) is 5.32 Å². The molecule has 1 nitrogen and oxygen atoms in total. The van der Waals surface area contributed by atoms with Gasteiger partial charge in [0.2, 0.25) is 0 Å². The van der Waals surface area contributed by atoms with Crippen molar-refractivity contribution in [2.24, 2.45) is 0 Å². The van der Waals surface area contributed by atoms with Crippen molar-refractivity contribution < 1.29 is 0 Å². The number of likely N-dealkylation sites (N-methyl/N-ethyl adjacent to an activating group) is 1. The quantitative estimate of drug-likeness (QED) is 0.837. The molecule has 1 unspecified atom stereocenters. The minimum absolute atomic E-state index is 0.348. The lowest BCUT2D eigenvalue weighted by atomic mass is 10.0. The SMILES string of the molecule is CCc1ccc(CC(CSC(C)(C)C)NC)cc1. The summed E-state index contributed by atoms with van der Waals surface area (Å²) in [6, 6.07) is 9.59. The van der Waals surface area contributed by atoms with Crippen LogP contribution >= 0.6 is 11.8 Å². The second-order valence-corrected chi connectivity index (χ2v) is 7.63. The van der Waals surface area contributed by atoms with E-state index < -0.39 is 0 Å². The molecule has 0 radical (unpaired) electrons. The maximum atomic E-state index is 3.43. The van der Waals surface area contributed by atoms with Crippen LogP contribution in [-0.2, 0) is 12.8 Å². The molecule has 1 N–H and O–H groups in total. The molecule has 0 heterocycles. The van der Waals surface area contributed by atoms with E-state index in [1.54, 1.807) is 0 Å². The number of nitrogens with one attached hydrogen (secondary N) is 1. The molecule has 1 aromatic rings. The molecule has 1 aromatic carbocycles. The second kappa shape index (κ2) is 7.20. The van der Waals surface area contributed by atoms with Gasteiger partial charge in [0.15, 0.2) is 0 Å². The van der Waals surface area contributed by atoms with Crippen LogP contribution in [0.5, 0.6) is 0 Å². The Morgan fingerprint density at radius 3 is 2.11 bits per heavy atom. The molecule has 18 heavy (non-hydrogen) atoms. The molecule has 2 heteroatoms. The van der Waals surface area contributed by atoms with E-state index in [1.807, 2.05) is 11.8 Å². The molecule has 0 aliphatic rings. The maximum absolute atomic E-state index is 3.43. The summed E-state index contributed by atoms with van der Waals surface area (Å²) in [5.74, 6) is 1.16. The molecule has 0 saturated heterocycles. The van der Waals surface area contributed by atoms with Crippen LogP contribution in [0, 0.1) is 0 Å². The maximum Gasteiger partial charge on any atom is 0.0195 e. The third kappa shape index (κ3) is 5.92. The smallest absolute Gasteiger partial charge is 0.0195 e. The first-order valence-electron chi connectivity index (χ1n) is 6.83. The number of hydrogen-bond acceptors (Lipinski definition) is 2. The Bertz CT molecular complexity index is 337. The Labute approximate surface area is 117 Å². The van der Waals surface area contributed by atoms with Gasteiger partial charge in [0.1, 0.15) is 0 Å². The van der Waals surface area contributed by atoms with Crippen LogP contribution in [0.2, 0.25) is 0 Å². The van der Waals surface area contributed by atoms with Crippen molar-refractivity contribution in [1.29, 1.82) is 0 Å². The molecule has 102 valence electrons. The summed E-state index contributed by atoms with van der Waals surface area (Å²) in [6.45, 7) is 9.03. The van der Waals surface area contributed by atoms with Gasteiger partial charge in [-0.05, 0) is 31.0 Å². The summed E-state index contributed by atoms with van der Waals surface area (Å²) in [5.41, 5.74) is 2.85. The fourth-order valence-corrected chi connectivity index (χ4v) is 2.78. The molecule has 1 rings (SSSR count). The molecule has 0 aromatic heterocycles. The summed E-state index contributed by atoms with van der Waals surface area (Å²) in [4.78, 5) is 0. The van der Waals surface area contributed by atoms with Crippen LogP contribution < -0.4 is 5.32 Å². The summed E-state index contributed by atoms with van der Waals surface area (Å²) in [7, 11) is 2.06. The number of thioether (sulfide) groups is 1. The van der Waals surface area contributed by atoms with E-state index in [0.717, 1.165) is 18.6 Å². The molecular formula is C16H27NS. The highest BCUT2D eigenvalue weighted by atomic mass is 32.2. The topological polar surface area (TPSA) is 12.0 Å². The molecule has 1 atom stereocenters. The zero-order chi connectivity index (χ0) is 13.6. The lowest BCUT2D eigenvalue weighted by molar-refractivity contribution is 0.613. The number of rotatable bonds is 6. The molecule has 0 amide bonds. The number of benzene rings is 1. The highest BCUT2D eigenvalue weighted by Crippen LogP contribution is 2.24. The van der Waals surface area contributed by atoms with E-state index in [2.05, 4.69) is 64.3 Å². The predicted octanol–water partition coefficient (Wildman–Crippen LogP) is 3.91. The molecule has 0 aliphatic carbocycles.